The standard InChI is InChI=1S/C28H24F6N6OS/c29-27(30,31)25-14-22(40(36-25)28(32,33)34)23-3-4-24(42-23)26(41)39-9-6-16-12-19-18(13-21(16)39)20(5-7-35-19)38-11-10-37-8-1-2-17(37)15-38/h3-5,7,12-14,17H,1-2,6,8-11,15H2. The van der Waals surface area contributed by atoms with Gasteiger partial charge in [0.15, 0.2) is 5.69 Å². The third kappa shape index (κ3) is 4.60. The summed E-state index contributed by atoms with van der Waals surface area (Å²) in [6.45, 7) is 4.29. The van der Waals surface area contributed by atoms with Crippen LogP contribution < -0.4 is 9.80 Å². The van der Waals surface area contributed by atoms with E-state index in [0.29, 0.717) is 42.1 Å². The molecule has 0 aliphatic carbocycles. The predicted molar refractivity (Wildman–Crippen MR) is 146 cm³/mol. The molecule has 4 aromatic rings. The minimum atomic E-state index is -5.17. The molecule has 6 heterocycles. The van der Waals surface area contributed by atoms with E-state index < -0.39 is 34.5 Å². The van der Waals surface area contributed by atoms with Crippen LogP contribution in [0, 0.1) is 0 Å². The Morgan fingerprint density at radius 1 is 0.952 bits per heavy atom. The molecular formula is C28H24F6N6OS. The lowest BCUT2D eigenvalue weighted by molar-refractivity contribution is -0.212. The molecule has 1 atom stereocenters. The maximum absolute atomic E-state index is 13.6. The van der Waals surface area contributed by atoms with Crippen molar-refractivity contribution in [1.82, 2.24) is 19.7 Å². The summed E-state index contributed by atoms with van der Waals surface area (Å²) in [5.74, 6) is -0.427. The third-order valence-corrected chi connectivity index (χ3v) is 9.39. The number of nitrogens with zero attached hydrogens (tertiary/aromatic N) is 6. The van der Waals surface area contributed by atoms with Gasteiger partial charge in [-0.3, -0.25) is 14.7 Å². The maximum atomic E-state index is 13.6. The van der Waals surface area contributed by atoms with Crippen LogP contribution in [0.3, 0.4) is 0 Å². The first-order valence-electron chi connectivity index (χ1n) is 13.5. The van der Waals surface area contributed by atoms with Crippen LogP contribution in [0.15, 0.2) is 42.6 Å². The molecule has 0 saturated carbocycles. The molecule has 1 aromatic carbocycles. The monoisotopic (exact) mass is 606 g/mol. The normalized spacial score (nSPS) is 19.5. The molecule has 3 aliphatic rings. The van der Waals surface area contributed by atoms with Gasteiger partial charge in [-0.2, -0.15) is 23.0 Å². The van der Waals surface area contributed by atoms with Crippen LogP contribution in [-0.4, -0.2) is 64.3 Å². The summed E-state index contributed by atoms with van der Waals surface area (Å²) in [7, 11) is 0. The highest BCUT2D eigenvalue weighted by Gasteiger charge is 2.42. The molecule has 2 saturated heterocycles. The number of thiophene rings is 1. The number of benzene rings is 1. The number of amides is 1. The number of hydrogen-bond acceptors (Lipinski definition) is 6. The number of anilines is 2. The molecule has 0 N–H and O–H groups in total. The summed E-state index contributed by atoms with van der Waals surface area (Å²) in [6.07, 6.45) is -5.47. The van der Waals surface area contributed by atoms with Gasteiger partial charge in [-0.05, 0) is 67.8 Å². The van der Waals surface area contributed by atoms with E-state index >= 15 is 0 Å². The first kappa shape index (κ1) is 27.2. The van der Waals surface area contributed by atoms with Gasteiger partial charge in [0, 0.05) is 55.2 Å². The number of halogens is 6. The second kappa shape index (κ2) is 9.69. The number of rotatable bonds is 3. The molecule has 0 spiro atoms. The number of carbonyl (C=O) groups is 1. The molecule has 3 aromatic heterocycles. The van der Waals surface area contributed by atoms with E-state index in [9.17, 15) is 31.1 Å². The molecule has 42 heavy (non-hydrogen) atoms. The Bertz CT molecular complexity index is 1690. The number of pyridine rings is 1. The average Bonchev–Trinajstić information content (AvgIpc) is 3.74. The Morgan fingerprint density at radius 2 is 1.79 bits per heavy atom. The molecule has 0 bridgehead atoms. The van der Waals surface area contributed by atoms with Crippen LogP contribution in [0.1, 0.15) is 33.8 Å². The maximum Gasteiger partial charge on any atom is 0.505 e. The zero-order valence-electron chi connectivity index (χ0n) is 22.0. The van der Waals surface area contributed by atoms with Crippen molar-refractivity contribution >= 4 is 39.5 Å². The summed E-state index contributed by atoms with van der Waals surface area (Å²) in [4.78, 5) is 24.7. The molecule has 14 heteroatoms. The number of aromatic nitrogens is 3. The van der Waals surface area contributed by atoms with Crippen LogP contribution >= 0.6 is 11.3 Å². The topological polar surface area (TPSA) is 57.5 Å². The number of fused-ring (bicyclic) bond motifs is 3. The Kier molecular flexibility index (Phi) is 6.28. The number of piperazine rings is 1. The Labute approximate surface area is 239 Å². The highest BCUT2D eigenvalue weighted by molar-refractivity contribution is 7.17. The summed E-state index contributed by atoms with van der Waals surface area (Å²) in [5, 5.41) is 3.67. The highest BCUT2D eigenvalue weighted by atomic mass is 32.1. The molecular weight excluding hydrogens is 582 g/mol. The lowest BCUT2D eigenvalue weighted by atomic mass is 10.1. The lowest BCUT2D eigenvalue weighted by Crippen LogP contribution is -2.50. The predicted octanol–water partition coefficient (Wildman–Crippen LogP) is 6.14. The third-order valence-electron chi connectivity index (χ3n) is 8.30. The van der Waals surface area contributed by atoms with Gasteiger partial charge in [0.25, 0.3) is 5.91 Å². The minimum Gasteiger partial charge on any atom is -0.368 e. The van der Waals surface area contributed by atoms with Gasteiger partial charge >= 0.3 is 12.5 Å². The summed E-state index contributed by atoms with van der Waals surface area (Å²) < 4.78 is 79.5. The van der Waals surface area contributed by atoms with E-state index in [4.69, 9.17) is 0 Å². The lowest BCUT2D eigenvalue weighted by Gasteiger charge is -2.39. The molecule has 0 radical (unpaired) electrons. The van der Waals surface area contributed by atoms with Gasteiger partial charge in [0.1, 0.15) is 0 Å². The fraction of sp³-hybridized carbons (Fsp3) is 0.393. The van der Waals surface area contributed by atoms with E-state index in [2.05, 4.69) is 19.9 Å². The Balaban J connectivity index is 1.21. The van der Waals surface area contributed by atoms with Crippen molar-refractivity contribution in [1.29, 1.82) is 0 Å². The molecule has 1 unspecified atom stereocenters. The van der Waals surface area contributed by atoms with Gasteiger partial charge in [-0.25, -0.2) is 0 Å². The molecule has 1 amide bonds. The first-order valence-corrected chi connectivity index (χ1v) is 14.4. The van der Waals surface area contributed by atoms with Crippen LogP contribution in [0.5, 0.6) is 0 Å². The van der Waals surface area contributed by atoms with Crippen molar-refractivity contribution in [2.24, 2.45) is 0 Å². The van der Waals surface area contributed by atoms with Crippen LogP contribution in [-0.2, 0) is 18.9 Å². The Morgan fingerprint density at radius 3 is 2.57 bits per heavy atom. The van der Waals surface area contributed by atoms with Gasteiger partial charge in [0.05, 0.1) is 21.0 Å². The average molecular weight is 607 g/mol. The summed E-state index contributed by atoms with van der Waals surface area (Å²) in [6, 6.07) is 9.37. The zero-order chi connectivity index (χ0) is 29.4. The number of hydrogen-bond donors (Lipinski definition) is 0. The number of carbonyl (C=O) groups excluding carboxylic acids is 1. The van der Waals surface area contributed by atoms with E-state index in [-0.39, 0.29) is 9.75 Å². The van der Waals surface area contributed by atoms with E-state index in [0.717, 1.165) is 48.3 Å². The van der Waals surface area contributed by atoms with Crippen LogP contribution in [0.4, 0.5) is 37.7 Å². The van der Waals surface area contributed by atoms with Gasteiger partial charge in [0.2, 0.25) is 0 Å². The summed E-state index contributed by atoms with van der Waals surface area (Å²) in [5.41, 5.74) is 1.08. The molecule has 2 fully saturated rings. The SMILES string of the molecule is O=C(c1ccc(-c2cc(C(F)(F)F)nn2C(F)(F)F)s1)N1CCc2cc3nccc(N4CCN5CCCC5C4)c3cc21. The molecule has 7 nitrogen and oxygen atoms in total. The second-order valence-electron chi connectivity index (χ2n) is 10.8. The van der Waals surface area contributed by atoms with Gasteiger partial charge < -0.3 is 9.80 Å². The van der Waals surface area contributed by atoms with E-state index in [1.165, 1.54) is 25.0 Å². The second-order valence-corrected chi connectivity index (χ2v) is 11.9. The van der Waals surface area contributed by atoms with Crippen molar-refractivity contribution < 1.29 is 31.1 Å². The smallest absolute Gasteiger partial charge is 0.368 e. The fourth-order valence-electron chi connectivity index (χ4n) is 6.32. The van der Waals surface area contributed by atoms with Crippen molar-refractivity contribution in [3.05, 3.63) is 58.7 Å². The Hall–Kier alpha value is -3.65. The number of alkyl halides is 6. The van der Waals surface area contributed by atoms with Gasteiger partial charge in [-0.1, -0.05) is 0 Å². The van der Waals surface area contributed by atoms with Crippen molar-refractivity contribution in [2.75, 3.05) is 42.5 Å². The van der Waals surface area contributed by atoms with Crippen molar-refractivity contribution in [2.45, 2.75) is 37.8 Å². The molecule has 220 valence electrons. The fourth-order valence-corrected chi connectivity index (χ4v) is 7.28. The molecule has 3 aliphatic heterocycles. The molecule has 7 rings (SSSR count). The van der Waals surface area contributed by atoms with E-state index in [1.54, 1.807) is 11.1 Å². The van der Waals surface area contributed by atoms with Crippen LogP contribution in [0.25, 0.3) is 21.5 Å². The first-order chi connectivity index (χ1) is 20.0. The van der Waals surface area contributed by atoms with E-state index in [1.807, 2.05) is 18.2 Å². The van der Waals surface area contributed by atoms with Gasteiger partial charge in [-0.15, -0.1) is 24.5 Å². The largest absolute Gasteiger partial charge is 0.505 e. The zero-order valence-corrected chi connectivity index (χ0v) is 22.9. The van der Waals surface area contributed by atoms with Crippen LogP contribution in [0.2, 0.25) is 0 Å². The minimum absolute atomic E-state index is 0.116. The van der Waals surface area contributed by atoms with Crippen molar-refractivity contribution in [3.8, 4) is 10.6 Å². The summed E-state index contributed by atoms with van der Waals surface area (Å²) >= 11 is 0.704. The quantitative estimate of drug-likeness (QED) is 0.262. The van der Waals surface area contributed by atoms with Crippen molar-refractivity contribution in [3.63, 3.8) is 0 Å². The highest BCUT2D eigenvalue weighted by Crippen LogP contribution is 2.41.